The third-order valence-electron chi connectivity index (χ3n) is 2.70. The van der Waals surface area contributed by atoms with E-state index in [0.29, 0.717) is 0 Å². The van der Waals surface area contributed by atoms with Crippen LogP contribution in [0.15, 0.2) is 18.2 Å². The molecular weight excluding hydrogens is 295 g/mol. The fourth-order valence-corrected chi connectivity index (χ4v) is 1.74. The van der Waals surface area contributed by atoms with Crippen molar-refractivity contribution in [3.63, 3.8) is 0 Å². The fourth-order valence-electron chi connectivity index (χ4n) is 1.74. The van der Waals surface area contributed by atoms with Gasteiger partial charge >= 0.3 is 5.97 Å². The summed E-state index contributed by atoms with van der Waals surface area (Å²) in [5, 5.41) is 11.1. The van der Waals surface area contributed by atoms with Crippen LogP contribution in [0.4, 0.5) is 10.1 Å². The number of rotatable bonds is 7. The third-order valence-corrected chi connectivity index (χ3v) is 2.70. The molecule has 1 aromatic rings. The first kappa shape index (κ1) is 17.6. The maximum atomic E-state index is 13.6. The van der Waals surface area contributed by atoms with Gasteiger partial charge in [0.25, 0.3) is 5.91 Å². The number of carbonyl (C=O) groups is 3. The Kier molecular flexibility index (Phi) is 6.46. The van der Waals surface area contributed by atoms with E-state index in [-0.39, 0.29) is 24.4 Å². The summed E-state index contributed by atoms with van der Waals surface area (Å²) in [7, 11) is 1.43. The van der Waals surface area contributed by atoms with Crippen molar-refractivity contribution in [2.75, 3.05) is 32.1 Å². The highest BCUT2D eigenvalue weighted by atomic mass is 19.1. The molecule has 22 heavy (non-hydrogen) atoms. The Morgan fingerprint density at radius 1 is 1.36 bits per heavy atom. The molecule has 0 fully saturated rings. The molecule has 2 amide bonds. The average Bonchev–Trinajstić information content (AvgIpc) is 2.44. The van der Waals surface area contributed by atoms with E-state index in [1.807, 2.05) is 0 Å². The molecule has 0 aliphatic rings. The van der Waals surface area contributed by atoms with Crippen molar-refractivity contribution in [2.24, 2.45) is 0 Å². The molecule has 0 unspecified atom stereocenters. The largest absolute Gasteiger partial charge is 0.480 e. The minimum absolute atomic E-state index is 0.0718. The molecule has 0 spiro atoms. The van der Waals surface area contributed by atoms with Crippen molar-refractivity contribution in [1.29, 1.82) is 0 Å². The van der Waals surface area contributed by atoms with Crippen molar-refractivity contribution in [3.8, 4) is 0 Å². The Morgan fingerprint density at radius 2 is 2.05 bits per heavy atom. The van der Waals surface area contributed by atoms with Gasteiger partial charge in [0.1, 0.15) is 12.4 Å². The number of hydrogen-bond acceptors (Lipinski definition) is 4. The molecule has 0 heterocycles. The molecule has 8 heteroatoms. The summed E-state index contributed by atoms with van der Waals surface area (Å²) in [4.78, 5) is 35.2. The van der Waals surface area contributed by atoms with Gasteiger partial charge in [-0.3, -0.25) is 14.4 Å². The monoisotopic (exact) mass is 312 g/mol. The number of amides is 2. The van der Waals surface area contributed by atoms with Crippen LogP contribution in [-0.4, -0.2) is 54.6 Å². The van der Waals surface area contributed by atoms with Gasteiger partial charge < -0.3 is 20.1 Å². The molecule has 0 aromatic heterocycles. The van der Waals surface area contributed by atoms with Crippen LogP contribution >= 0.6 is 0 Å². The summed E-state index contributed by atoms with van der Waals surface area (Å²) >= 11 is 0. The van der Waals surface area contributed by atoms with Crippen LogP contribution in [0, 0.1) is 5.82 Å². The van der Waals surface area contributed by atoms with Gasteiger partial charge in [0.05, 0.1) is 12.3 Å². The van der Waals surface area contributed by atoms with Crippen LogP contribution in [0.25, 0.3) is 0 Å². The zero-order chi connectivity index (χ0) is 16.7. The second-order valence-electron chi connectivity index (χ2n) is 4.49. The maximum absolute atomic E-state index is 13.6. The second-order valence-corrected chi connectivity index (χ2v) is 4.49. The summed E-state index contributed by atoms with van der Waals surface area (Å²) in [6.07, 6.45) is 0. The van der Waals surface area contributed by atoms with Crippen molar-refractivity contribution in [3.05, 3.63) is 29.6 Å². The number of hydrogen-bond donors (Lipinski definition) is 2. The summed E-state index contributed by atoms with van der Waals surface area (Å²) in [6.45, 7) is 0.950. The lowest BCUT2D eigenvalue weighted by atomic mass is 10.1. The third kappa shape index (κ3) is 5.13. The maximum Gasteiger partial charge on any atom is 0.323 e. The number of nitrogens with one attached hydrogen (secondary N) is 1. The number of anilines is 1. The predicted octanol–water partition coefficient (Wildman–Crippen LogP) is 0.957. The number of benzene rings is 1. The minimum atomic E-state index is -1.17. The quantitative estimate of drug-likeness (QED) is 0.781. The zero-order valence-corrected chi connectivity index (χ0v) is 12.3. The number of halogens is 1. The lowest BCUT2D eigenvalue weighted by Gasteiger charge is -2.20. The Hall–Kier alpha value is -2.48. The number of carboxylic acid groups (broad SMARTS) is 1. The normalized spacial score (nSPS) is 10.1. The van der Waals surface area contributed by atoms with E-state index in [1.165, 1.54) is 26.2 Å². The summed E-state index contributed by atoms with van der Waals surface area (Å²) < 4.78 is 18.4. The second kappa shape index (κ2) is 8.08. The molecule has 0 aliphatic heterocycles. The van der Waals surface area contributed by atoms with E-state index in [4.69, 9.17) is 9.84 Å². The van der Waals surface area contributed by atoms with E-state index in [9.17, 15) is 18.8 Å². The van der Waals surface area contributed by atoms with E-state index in [0.717, 1.165) is 11.0 Å². The molecule has 0 atom stereocenters. The first-order valence-electron chi connectivity index (χ1n) is 6.42. The van der Waals surface area contributed by atoms with Crippen molar-refractivity contribution < 1.29 is 28.6 Å². The van der Waals surface area contributed by atoms with E-state index >= 15 is 0 Å². The highest BCUT2D eigenvalue weighted by molar-refractivity contribution is 5.98. The molecule has 7 nitrogen and oxygen atoms in total. The van der Waals surface area contributed by atoms with Gasteiger partial charge in [-0.1, -0.05) is 0 Å². The van der Waals surface area contributed by atoms with Gasteiger partial charge in [-0.05, 0) is 18.2 Å². The number of carbonyl (C=O) groups excluding carboxylic acids is 2. The zero-order valence-electron chi connectivity index (χ0n) is 12.3. The van der Waals surface area contributed by atoms with E-state index in [1.54, 1.807) is 0 Å². The Bertz CT molecular complexity index is 576. The molecule has 120 valence electrons. The predicted molar refractivity (Wildman–Crippen MR) is 76.1 cm³/mol. The van der Waals surface area contributed by atoms with E-state index in [2.05, 4.69) is 5.32 Å². The van der Waals surface area contributed by atoms with Crippen LogP contribution < -0.4 is 5.32 Å². The number of methoxy groups -OCH3 is 1. The summed E-state index contributed by atoms with van der Waals surface area (Å²) in [6, 6.07) is 3.43. The smallest absolute Gasteiger partial charge is 0.323 e. The van der Waals surface area contributed by atoms with Crippen LogP contribution in [0.1, 0.15) is 17.3 Å². The number of ether oxygens (including phenoxy) is 1. The molecule has 1 aromatic carbocycles. The van der Waals surface area contributed by atoms with Gasteiger partial charge in [-0.25, -0.2) is 4.39 Å². The minimum Gasteiger partial charge on any atom is -0.480 e. The van der Waals surface area contributed by atoms with Crippen LogP contribution in [0.3, 0.4) is 0 Å². The lowest BCUT2D eigenvalue weighted by Crippen LogP contribution is -2.38. The molecule has 0 radical (unpaired) electrons. The fraction of sp³-hybridized carbons (Fsp3) is 0.357. The van der Waals surface area contributed by atoms with Crippen LogP contribution in [-0.2, 0) is 14.3 Å². The summed E-state index contributed by atoms with van der Waals surface area (Å²) in [5.41, 5.74) is -0.0668. The van der Waals surface area contributed by atoms with Crippen LogP contribution in [0.2, 0.25) is 0 Å². The highest BCUT2D eigenvalue weighted by Gasteiger charge is 2.19. The number of carboxylic acids is 1. The van der Waals surface area contributed by atoms with Gasteiger partial charge in [-0.15, -0.1) is 0 Å². The first-order chi connectivity index (χ1) is 10.3. The molecule has 0 aliphatic carbocycles. The van der Waals surface area contributed by atoms with Gasteiger partial charge in [0, 0.05) is 26.1 Å². The van der Waals surface area contributed by atoms with Crippen LogP contribution in [0.5, 0.6) is 0 Å². The summed E-state index contributed by atoms with van der Waals surface area (Å²) in [5.74, 6) is -2.93. The average molecular weight is 312 g/mol. The topological polar surface area (TPSA) is 95.9 Å². The number of aliphatic carboxylic acids is 1. The molecule has 1 rings (SSSR count). The molecular formula is C14H17FN2O5. The number of nitrogens with zero attached hydrogens (tertiary/aromatic N) is 1. The van der Waals surface area contributed by atoms with Gasteiger partial charge in [0.2, 0.25) is 5.91 Å². The van der Waals surface area contributed by atoms with E-state index < -0.39 is 30.1 Å². The Labute approximate surface area is 126 Å². The highest BCUT2D eigenvalue weighted by Crippen LogP contribution is 2.17. The Balaban J connectivity index is 3.01. The molecule has 0 saturated carbocycles. The first-order valence-corrected chi connectivity index (χ1v) is 6.42. The van der Waals surface area contributed by atoms with Gasteiger partial charge in [0.15, 0.2) is 0 Å². The van der Waals surface area contributed by atoms with Crippen molar-refractivity contribution >= 4 is 23.5 Å². The SMILES string of the molecule is COCCN(CC(=O)O)C(=O)c1ccc(F)c(NC(C)=O)c1. The standard InChI is InChI=1S/C14H17FN2O5/c1-9(18)16-12-7-10(3-4-11(12)15)14(21)17(5-6-22-2)8-13(19)20/h3-4,7H,5-6,8H2,1-2H3,(H,16,18)(H,19,20). The molecule has 2 N–H and O–H groups in total. The Morgan fingerprint density at radius 3 is 2.59 bits per heavy atom. The lowest BCUT2D eigenvalue weighted by molar-refractivity contribution is -0.137. The van der Waals surface area contributed by atoms with Crippen molar-refractivity contribution in [2.45, 2.75) is 6.92 Å². The van der Waals surface area contributed by atoms with Gasteiger partial charge in [-0.2, -0.15) is 0 Å². The molecule has 0 bridgehead atoms. The molecule has 0 saturated heterocycles. The van der Waals surface area contributed by atoms with Crippen molar-refractivity contribution in [1.82, 2.24) is 4.90 Å².